The Morgan fingerprint density at radius 2 is 1.92 bits per heavy atom. The molecule has 0 unspecified atom stereocenters. The zero-order chi connectivity index (χ0) is 28.7. The fourth-order valence-electron chi connectivity index (χ4n) is 3.96. The molecule has 0 radical (unpaired) electrons. The predicted octanol–water partition coefficient (Wildman–Crippen LogP) is 2.81. The van der Waals surface area contributed by atoms with E-state index < -0.39 is 10.0 Å². The molecular weight excluding hydrogens is 546 g/mol. The summed E-state index contributed by atoms with van der Waals surface area (Å²) in [5.41, 5.74) is 1.82. The SMILES string of the molecule is C=CC(=O)Nc1cc(Nc2ncc(Cl)c(OC3CCN(S(C)(=O)=O)CC3)n2)c(OC)cc1N(C)CCN(C)C. The molecule has 14 heteroatoms. The number of carbonyl (C=O) groups is 1. The second-order valence-electron chi connectivity index (χ2n) is 9.44. The number of benzene rings is 1. The maximum absolute atomic E-state index is 12.2. The number of aromatic nitrogens is 2. The first kappa shape index (κ1) is 30.4. The van der Waals surface area contributed by atoms with Gasteiger partial charge in [-0.05, 0) is 39.1 Å². The van der Waals surface area contributed by atoms with Crippen LogP contribution in [0.1, 0.15) is 12.8 Å². The summed E-state index contributed by atoms with van der Waals surface area (Å²) in [6.45, 7) is 5.79. The number of carbonyl (C=O) groups excluding carboxylic acids is 1. The minimum Gasteiger partial charge on any atom is -0.494 e. The molecule has 3 rings (SSSR count). The standard InChI is InChI=1S/C25H36ClN7O5S/c1-7-23(34)28-19-14-20(22(37-5)15-21(19)32(4)13-12-31(2)3)29-25-27-16-18(26)24(30-25)38-17-8-10-33(11-9-17)39(6,35)36/h7,14-17H,1,8-13H2,2-6H3,(H,28,34)(H,27,29,30). The van der Waals surface area contributed by atoms with Crippen LogP contribution in [0.25, 0.3) is 0 Å². The van der Waals surface area contributed by atoms with E-state index in [0.29, 0.717) is 49.6 Å². The molecule has 2 heterocycles. The van der Waals surface area contributed by atoms with Crippen LogP contribution in [-0.4, -0.2) is 100 Å². The number of nitrogens with one attached hydrogen (secondary N) is 2. The van der Waals surface area contributed by atoms with Gasteiger partial charge in [-0.15, -0.1) is 0 Å². The first-order chi connectivity index (χ1) is 18.4. The van der Waals surface area contributed by atoms with Crippen LogP contribution in [-0.2, 0) is 14.8 Å². The van der Waals surface area contributed by atoms with Gasteiger partial charge < -0.3 is 29.9 Å². The molecule has 0 spiro atoms. The van der Waals surface area contributed by atoms with Gasteiger partial charge in [0.15, 0.2) is 0 Å². The smallest absolute Gasteiger partial charge is 0.247 e. The molecule has 0 atom stereocenters. The number of sulfonamides is 1. The average Bonchev–Trinajstić information content (AvgIpc) is 2.89. The highest BCUT2D eigenvalue weighted by Gasteiger charge is 2.27. The van der Waals surface area contributed by atoms with Crippen molar-refractivity contribution in [3.05, 3.63) is 36.0 Å². The number of likely N-dealkylation sites (N-methyl/N-ethyl adjacent to an activating group) is 2. The molecule has 2 aromatic rings. The van der Waals surface area contributed by atoms with E-state index in [-0.39, 0.29) is 28.9 Å². The van der Waals surface area contributed by atoms with E-state index in [2.05, 4.69) is 32.1 Å². The van der Waals surface area contributed by atoms with Gasteiger partial charge >= 0.3 is 0 Å². The second kappa shape index (κ2) is 13.3. The van der Waals surface area contributed by atoms with Gasteiger partial charge in [0.2, 0.25) is 27.8 Å². The van der Waals surface area contributed by atoms with Gasteiger partial charge in [-0.1, -0.05) is 18.2 Å². The lowest BCUT2D eigenvalue weighted by molar-refractivity contribution is -0.111. The third-order valence-electron chi connectivity index (χ3n) is 6.16. The van der Waals surface area contributed by atoms with Crippen molar-refractivity contribution in [2.75, 3.05) is 76.2 Å². The van der Waals surface area contributed by atoms with E-state index in [1.807, 2.05) is 32.1 Å². The molecule has 1 fully saturated rings. The fraction of sp³-hybridized carbons (Fsp3) is 0.480. The predicted molar refractivity (Wildman–Crippen MR) is 154 cm³/mol. The highest BCUT2D eigenvalue weighted by Crippen LogP contribution is 2.38. The molecule has 39 heavy (non-hydrogen) atoms. The van der Waals surface area contributed by atoms with Gasteiger partial charge in [-0.2, -0.15) is 4.98 Å². The largest absolute Gasteiger partial charge is 0.494 e. The highest BCUT2D eigenvalue weighted by atomic mass is 35.5. The third kappa shape index (κ3) is 8.43. The van der Waals surface area contributed by atoms with E-state index in [1.54, 1.807) is 13.2 Å². The van der Waals surface area contributed by atoms with Gasteiger partial charge in [-0.3, -0.25) is 4.79 Å². The molecule has 0 aliphatic carbocycles. The van der Waals surface area contributed by atoms with Crippen molar-refractivity contribution in [2.45, 2.75) is 18.9 Å². The van der Waals surface area contributed by atoms with Crippen molar-refractivity contribution in [1.29, 1.82) is 0 Å². The van der Waals surface area contributed by atoms with Crippen LogP contribution >= 0.6 is 11.6 Å². The van der Waals surface area contributed by atoms with Crippen LogP contribution in [0.15, 0.2) is 31.0 Å². The molecule has 0 saturated carbocycles. The Morgan fingerprint density at radius 3 is 2.51 bits per heavy atom. The molecule has 1 saturated heterocycles. The van der Waals surface area contributed by atoms with Crippen molar-refractivity contribution in [3.8, 4) is 11.6 Å². The van der Waals surface area contributed by atoms with Crippen LogP contribution in [0.4, 0.5) is 23.0 Å². The molecule has 0 bridgehead atoms. The summed E-state index contributed by atoms with van der Waals surface area (Å²) in [5, 5.41) is 6.21. The van der Waals surface area contributed by atoms with E-state index in [4.69, 9.17) is 21.1 Å². The number of rotatable bonds is 12. The van der Waals surface area contributed by atoms with Crippen molar-refractivity contribution in [2.24, 2.45) is 0 Å². The number of methoxy groups -OCH3 is 1. The van der Waals surface area contributed by atoms with Crippen LogP contribution in [0.2, 0.25) is 5.02 Å². The van der Waals surface area contributed by atoms with Gasteiger partial charge in [0.1, 0.15) is 16.9 Å². The lowest BCUT2D eigenvalue weighted by Crippen LogP contribution is -2.41. The summed E-state index contributed by atoms with van der Waals surface area (Å²) in [7, 11) is 4.22. The number of hydrogen-bond donors (Lipinski definition) is 2. The summed E-state index contributed by atoms with van der Waals surface area (Å²) < 4.78 is 36.7. The molecule has 12 nitrogen and oxygen atoms in total. The minimum absolute atomic E-state index is 0.186. The van der Waals surface area contributed by atoms with Gasteiger partial charge in [0, 0.05) is 39.3 Å². The Morgan fingerprint density at radius 1 is 1.23 bits per heavy atom. The van der Waals surface area contributed by atoms with Crippen molar-refractivity contribution < 1.29 is 22.7 Å². The lowest BCUT2D eigenvalue weighted by atomic mass is 10.1. The van der Waals surface area contributed by atoms with Crippen molar-refractivity contribution >= 4 is 50.5 Å². The molecule has 2 N–H and O–H groups in total. The number of hydrogen-bond acceptors (Lipinski definition) is 10. The number of halogens is 1. The minimum atomic E-state index is -3.24. The average molecular weight is 582 g/mol. The fourth-order valence-corrected chi connectivity index (χ4v) is 4.97. The number of ether oxygens (including phenoxy) is 2. The number of amides is 1. The number of nitrogens with zero attached hydrogens (tertiary/aromatic N) is 5. The highest BCUT2D eigenvalue weighted by molar-refractivity contribution is 7.88. The summed E-state index contributed by atoms with van der Waals surface area (Å²) >= 11 is 6.31. The van der Waals surface area contributed by atoms with Crippen molar-refractivity contribution in [3.63, 3.8) is 0 Å². The maximum Gasteiger partial charge on any atom is 0.247 e. The molecule has 1 aliphatic heterocycles. The van der Waals surface area contributed by atoms with Gasteiger partial charge in [-0.25, -0.2) is 17.7 Å². The van der Waals surface area contributed by atoms with Gasteiger partial charge in [0.25, 0.3) is 0 Å². The second-order valence-corrected chi connectivity index (χ2v) is 11.8. The van der Waals surface area contributed by atoms with E-state index in [0.717, 1.165) is 12.2 Å². The van der Waals surface area contributed by atoms with E-state index in [9.17, 15) is 13.2 Å². The zero-order valence-corrected chi connectivity index (χ0v) is 24.5. The molecule has 214 valence electrons. The Bertz CT molecular complexity index is 1280. The summed E-state index contributed by atoms with van der Waals surface area (Å²) in [5.74, 6) is 0.545. The normalized spacial score (nSPS) is 14.6. The molecule has 1 aromatic heterocycles. The Kier molecular flexibility index (Phi) is 10.4. The molecule has 1 aliphatic rings. The topological polar surface area (TPSA) is 129 Å². The molecule has 1 aromatic carbocycles. The van der Waals surface area contributed by atoms with Crippen LogP contribution in [0.3, 0.4) is 0 Å². The van der Waals surface area contributed by atoms with Gasteiger partial charge in [0.05, 0.1) is 36.6 Å². The summed E-state index contributed by atoms with van der Waals surface area (Å²) in [4.78, 5) is 25.0. The quantitative estimate of drug-likeness (QED) is 0.361. The maximum atomic E-state index is 12.2. The third-order valence-corrected chi connectivity index (χ3v) is 7.72. The van der Waals surface area contributed by atoms with E-state index in [1.165, 1.54) is 22.8 Å². The number of piperidine rings is 1. The lowest BCUT2D eigenvalue weighted by Gasteiger charge is -2.30. The molecular formula is C25H36ClN7O5S. The summed E-state index contributed by atoms with van der Waals surface area (Å²) in [6, 6.07) is 3.56. The van der Waals surface area contributed by atoms with E-state index >= 15 is 0 Å². The first-order valence-corrected chi connectivity index (χ1v) is 14.6. The zero-order valence-electron chi connectivity index (χ0n) is 22.9. The van der Waals surface area contributed by atoms with Crippen LogP contribution < -0.4 is 25.0 Å². The van der Waals surface area contributed by atoms with Crippen molar-refractivity contribution in [1.82, 2.24) is 19.2 Å². The molecule has 1 amide bonds. The monoisotopic (exact) mass is 581 g/mol. The Labute approximate surface area is 235 Å². The van der Waals surface area contributed by atoms with Crippen LogP contribution in [0.5, 0.6) is 11.6 Å². The Hall–Kier alpha value is -3.13. The first-order valence-electron chi connectivity index (χ1n) is 12.3. The Balaban J connectivity index is 1.85. The van der Waals surface area contributed by atoms with Crippen LogP contribution in [0, 0.1) is 0 Å². The summed E-state index contributed by atoms with van der Waals surface area (Å²) in [6.07, 6.45) is 4.61. The number of anilines is 4.